The fraction of sp³-hybridized carbons (Fsp3) is 0. The number of hydrogen-bond donors (Lipinski definition) is 3. The van der Waals surface area contributed by atoms with Gasteiger partial charge in [-0.25, -0.2) is 4.39 Å². The van der Waals surface area contributed by atoms with E-state index in [9.17, 15) is 19.1 Å². The van der Waals surface area contributed by atoms with Crippen LogP contribution < -0.4 is 11.2 Å². The molecule has 0 saturated heterocycles. The van der Waals surface area contributed by atoms with Crippen LogP contribution in [0.3, 0.4) is 0 Å². The molecule has 0 aliphatic rings. The van der Waals surface area contributed by atoms with E-state index < -0.39 is 17.2 Å². The first-order valence-corrected chi connectivity index (χ1v) is 7.41. The molecule has 2 aromatic heterocycles. The van der Waals surface area contributed by atoms with Gasteiger partial charge in [0.15, 0.2) is 0 Å². The van der Waals surface area contributed by atoms with Crippen molar-refractivity contribution < 1.29 is 14.3 Å². The Kier molecular flexibility index (Phi) is 3.11. The van der Waals surface area contributed by atoms with Crippen LogP contribution in [0.4, 0.5) is 4.39 Å². The molecule has 0 spiro atoms. The number of halogens is 1. The van der Waals surface area contributed by atoms with Crippen LogP contribution in [0.2, 0.25) is 0 Å². The number of nitrogens with zero attached hydrogens (tertiary/aromatic N) is 1. The first-order valence-electron chi connectivity index (χ1n) is 7.41. The zero-order valence-electron chi connectivity index (χ0n) is 12.8. The highest BCUT2D eigenvalue weighted by Gasteiger charge is 2.18. The molecule has 2 aromatic carbocycles. The number of nitrogens with two attached hydrogens (primary N) is 1. The average molecular weight is 337 g/mol. The van der Waals surface area contributed by atoms with E-state index in [1.807, 2.05) is 0 Å². The molecule has 4 aromatic rings. The number of aromatic amines is 1. The monoisotopic (exact) mass is 337 g/mol. The third-order valence-corrected chi connectivity index (χ3v) is 4.16. The summed E-state index contributed by atoms with van der Waals surface area (Å²) in [6, 6.07) is 9.04. The summed E-state index contributed by atoms with van der Waals surface area (Å²) in [7, 11) is 0. The summed E-state index contributed by atoms with van der Waals surface area (Å²) < 4.78 is 16.0. The normalized spacial score (nSPS) is 11.2. The van der Waals surface area contributed by atoms with Gasteiger partial charge in [0.2, 0.25) is 5.43 Å². The molecule has 124 valence electrons. The summed E-state index contributed by atoms with van der Waals surface area (Å²) in [5.74, 6) is -1.80. The van der Waals surface area contributed by atoms with Gasteiger partial charge in [-0.1, -0.05) is 6.07 Å². The Balaban J connectivity index is 2.18. The Morgan fingerprint density at radius 3 is 2.80 bits per heavy atom. The van der Waals surface area contributed by atoms with E-state index in [-0.39, 0.29) is 27.9 Å². The third kappa shape index (κ3) is 2.17. The highest BCUT2D eigenvalue weighted by Crippen LogP contribution is 2.27. The molecule has 0 radical (unpaired) electrons. The first kappa shape index (κ1) is 14.9. The maximum absolute atomic E-state index is 14.7. The Morgan fingerprint density at radius 2 is 2.04 bits per heavy atom. The van der Waals surface area contributed by atoms with Crippen LogP contribution in [0, 0.1) is 5.82 Å². The van der Waals surface area contributed by atoms with Crippen molar-refractivity contribution in [2.45, 2.75) is 0 Å². The molecule has 0 unspecified atom stereocenters. The molecule has 0 aliphatic carbocycles. The van der Waals surface area contributed by atoms with Gasteiger partial charge >= 0.3 is 0 Å². The number of rotatable bonds is 2. The predicted molar refractivity (Wildman–Crippen MR) is 91.5 cm³/mol. The molecule has 0 atom stereocenters. The van der Waals surface area contributed by atoms with E-state index in [4.69, 9.17) is 5.73 Å². The summed E-state index contributed by atoms with van der Waals surface area (Å²) >= 11 is 0. The quantitative estimate of drug-likeness (QED) is 0.523. The molecule has 0 fully saturated rings. The van der Waals surface area contributed by atoms with Crippen molar-refractivity contribution in [1.82, 2.24) is 9.55 Å². The fourth-order valence-corrected chi connectivity index (χ4v) is 2.97. The second-order valence-electron chi connectivity index (χ2n) is 5.65. The summed E-state index contributed by atoms with van der Waals surface area (Å²) in [6.07, 6.45) is 2.87. The number of amides is 1. The molecule has 0 bridgehead atoms. The Bertz CT molecular complexity index is 1220. The second-order valence-corrected chi connectivity index (χ2v) is 5.65. The van der Waals surface area contributed by atoms with E-state index in [2.05, 4.69) is 4.98 Å². The van der Waals surface area contributed by atoms with E-state index in [0.29, 0.717) is 10.9 Å². The minimum atomic E-state index is -0.953. The number of benzene rings is 2. The summed E-state index contributed by atoms with van der Waals surface area (Å²) in [5, 5.41) is 10.7. The van der Waals surface area contributed by atoms with Gasteiger partial charge in [-0.2, -0.15) is 0 Å². The average Bonchev–Trinajstić information content (AvgIpc) is 3.01. The molecule has 2 heterocycles. The predicted octanol–water partition coefficient (Wildman–Crippen LogP) is 2.42. The lowest BCUT2D eigenvalue weighted by molar-refractivity contribution is 0.0999. The third-order valence-electron chi connectivity index (χ3n) is 4.16. The van der Waals surface area contributed by atoms with Crippen molar-refractivity contribution in [3.8, 4) is 11.4 Å². The molecule has 4 N–H and O–H groups in total. The molecule has 7 heteroatoms. The maximum atomic E-state index is 14.7. The minimum Gasteiger partial charge on any atom is -0.507 e. The van der Waals surface area contributed by atoms with Crippen molar-refractivity contribution in [2.24, 2.45) is 5.73 Å². The number of phenolic OH excluding ortho intramolecular Hbond substituents is 1. The van der Waals surface area contributed by atoms with E-state index in [0.717, 1.165) is 0 Å². The number of aromatic hydroxyl groups is 1. The number of H-pyrrole nitrogens is 1. The van der Waals surface area contributed by atoms with Gasteiger partial charge in [0.1, 0.15) is 17.1 Å². The van der Waals surface area contributed by atoms with Crippen molar-refractivity contribution in [2.75, 3.05) is 0 Å². The Labute approximate surface area is 139 Å². The molecule has 6 nitrogen and oxygen atoms in total. The van der Waals surface area contributed by atoms with Gasteiger partial charge in [-0.05, 0) is 30.3 Å². The van der Waals surface area contributed by atoms with Gasteiger partial charge in [0, 0.05) is 23.3 Å². The molecular formula is C18H12FN3O3. The number of carbonyl (C=O) groups excluding carboxylic acids is 1. The van der Waals surface area contributed by atoms with Gasteiger partial charge in [-0.3, -0.25) is 9.59 Å². The molecule has 25 heavy (non-hydrogen) atoms. The summed E-state index contributed by atoms with van der Waals surface area (Å²) in [4.78, 5) is 27.1. The molecule has 0 saturated carbocycles. The van der Waals surface area contributed by atoms with Crippen LogP contribution in [0.25, 0.3) is 27.5 Å². The summed E-state index contributed by atoms with van der Waals surface area (Å²) in [6.45, 7) is 0. The standard InChI is InChI=1S/C18H12FN3O3/c19-11-6-9-4-5-21-12(9)7-14(11)22-8-10(18(20)25)17(24)16-13(22)2-1-3-15(16)23/h1-8,21,23H,(H2,20,25). The highest BCUT2D eigenvalue weighted by molar-refractivity contribution is 5.98. The lowest BCUT2D eigenvalue weighted by Gasteiger charge is -2.14. The van der Waals surface area contributed by atoms with Crippen LogP contribution in [-0.4, -0.2) is 20.6 Å². The highest BCUT2D eigenvalue weighted by atomic mass is 19.1. The first-order chi connectivity index (χ1) is 12.0. The number of carbonyl (C=O) groups is 1. The number of fused-ring (bicyclic) bond motifs is 2. The van der Waals surface area contributed by atoms with Crippen LogP contribution in [-0.2, 0) is 0 Å². The van der Waals surface area contributed by atoms with Crippen molar-refractivity contribution >= 4 is 27.7 Å². The molecule has 1 amide bonds. The number of phenols is 1. The SMILES string of the molecule is NC(=O)c1cn(-c2cc3[nH]ccc3cc2F)c2cccc(O)c2c1=O. The smallest absolute Gasteiger partial charge is 0.254 e. The molecule has 0 aliphatic heterocycles. The van der Waals surface area contributed by atoms with Crippen LogP contribution in [0.15, 0.2) is 53.6 Å². The van der Waals surface area contributed by atoms with Gasteiger partial charge < -0.3 is 20.4 Å². The molecule has 4 rings (SSSR count). The zero-order valence-corrected chi connectivity index (χ0v) is 12.8. The van der Waals surface area contributed by atoms with Crippen LogP contribution >= 0.6 is 0 Å². The lowest BCUT2D eigenvalue weighted by Crippen LogP contribution is -2.24. The number of pyridine rings is 1. The van der Waals surface area contributed by atoms with Crippen LogP contribution in [0.5, 0.6) is 5.75 Å². The van der Waals surface area contributed by atoms with Crippen molar-refractivity contribution in [3.63, 3.8) is 0 Å². The van der Waals surface area contributed by atoms with E-state index in [1.165, 1.54) is 29.0 Å². The van der Waals surface area contributed by atoms with Crippen molar-refractivity contribution in [1.29, 1.82) is 0 Å². The Morgan fingerprint density at radius 1 is 1.24 bits per heavy atom. The number of hydrogen-bond acceptors (Lipinski definition) is 3. The number of aromatic nitrogens is 2. The van der Waals surface area contributed by atoms with E-state index >= 15 is 0 Å². The lowest BCUT2D eigenvalue weighted by atomic mass is 10.1. The van der Waals surface area contributed by atoms with Gasteiger partial charge in [0.25, 0.3) is 5.91 Å². The minimum absolute atomic E-state index is 0.0928. The van der Waals surface area contributed by atoms with Gasteiger partial charge in [-0.15, -0.1) is 0 Å². The Hall–Kier alpha value is -3.61. The number of nitrogens with one attached hydrogen (secondary N) is 1. The summed E-state index contributed by atoms with van der Waals surface area (Å²) in [5.41, 5.74) is 5.32. The molecular weight excluding hydrogens is 325 g/mol. The van der Waals surface area contributed by atoms with Crippen molar-refractivity contribution in [3.05, 3.63) is 70.4 Å². The van der Waals surface area contributed by atoms with E-state index in [1.54, 1.807) is 24.4 Å². The maximum Gasteiger partial charge on any atom is 0.254 e. The van der Waals surface area contributed by atoms with Crippen LogP contribution in [0.1, 0.15) is 10.4 Å². The number of primary amides is 1. The largest absolute Gasteiger partial charge is 0.507 e. The second kappa shape index (κ2) is 5.20. The van der Waals surface area contributed by atoms with Gasteiger partial charge in [0.05, 0.1) is 16.6 Å². The fourth-order valence-electron chi connectivity index (χ4n) is 2.97. The topological polar surface area (TPSA) is 101 Å². The zero-order chi connectivity index (χ0) is 17.7.